The second-order valence-electron chi connectivity index (χ2n) is 5.25. The first-order valence-corrected chi connectivity index (χ1v) is 6.37. The lowest BCUT2D eigenvalue weighted by Crippen LogP contribution is -2.52. The van der Waals surface area contributed by atoms with E-state index in [2.05, 4.69) is 10.6 Å². The monoisotopic (exact) mass is 239 g/mol. The van der Waals surface area contributed by atoms with E-state index in [1.165, 1.54) is 0 Å². The van der Waals surface area contributed by atoms with Crippen LogP contribution in [0.5, 0.6) is 0 Å². The van der Waals surface area contributed by atoms with Crippen LogP contribution in [0.15, 0.2) is 0 Å². The van der Waals surface area contributed by atoms with Crippen LogP contribution in [0.4, 0.5) is 0 Å². The lowest BCUT2D eigenvalue weighted by molar-refractivity contribution is -0.144. The van der Waals surface area contributed by atoms with Gasteiger partial charge in [-0.2, -0.15) is 0 Å². The minimum atomic E-state index is -0.735. The summed E-state index contributed by atoms with van der Waals surface area (Å²) >= 11 is 0. The van der Waals surface area contributed by atoms with Crippen molar-refractivity contribution in [1.29, 1.82) is 0 Å². The molecule has 1 aliphatic heterocycles. The van der Waals surface area contributed by atoms with Crippen LogP contribution in [0.2, 0.25) is 0 Å². The van der Waals surface area contributed by atoms with Crippen molar-refractivity contribution in [2.24, 2.45) is 5.41 Å². The molecule has 2 fully saturated rings. The molecule has 2 N–H and O–H groups in total. The Labute approximate surface area is 102 Å². The molecule has 0 spiro atoms. The normalized spacial score (nSPS) is 22.4. The van der Waals surface area contributed by atoms with Crippen molar-refractivity contribution in [3.05, 3.63) is 0 Å². The van der Waals surface area contributed by atoms with Gasteiger partial charge in [0, 0.05) is 32.2 Å². The molecule has 5 heteroatoms. The first kappa shape index (κ1) is 12.4. The molecule has 0 unspecified atom stereocenters. The quantitative estimate of drug-likeness (QED) is 0.666. The predicted octanol–water partition coefficient (Wildman–Crippen LogP) is -0.277. The van der Waals surface area contributed by atoms with Crippen molar-refractivity contribution in [3.8, 4) is 0 Å². The lowest BCUT2D eigenvalue weighted by Gasteiger charge is -2.30. The van der Waals surface area contributed by atoms with Crippen LogP contribution < -0.4 is 10.6 Å². The molecule has 96 valence electrons. The van der Waals surface area contributed by atoms with E-state index in [9.17, 15) is 9.59 Å². The highest BCUT2D eigenvalue weighted by Crippen LogP contribution is 2.47. The van der Waals surface area contributed by atoms with Crippen molar-refractivity contribution in [1.82, 2.24) is 15.5 Å². The summed E-state index contributed by atoms with van der Waals surface area (Å²) in [5.74, 6) is -0.0619. The SMILES string of the molecule is CC(C)NC(=O)C1(C(=O)N2CCNCC2)CC1. The Morgan fingerprint density at radius 2 is 1.82 bits per heavy atom. The number of amides is 2. The smallest absolute Gasteiger partial charge is 0.238 e. The van der Waals surface area contributed by atoms with Crippen molar-refractivity contribution in [3.63, 3.8) is 0 Å². The second-order valence-corrected chi connectivity index (χ2v) is 5.25. The first-order chi connectivity index (χ1) is 8.06. The summed E-state index contributed by atoms with van der Waals surface area (Å²) in [6.45, 7) is 6.93. The fourth-order valence-corrected chi connectivity index (χ4v) is 2.23. The highest BCUT2D eigenvalue weighted by molar-refractivity contribution is 6.07. The molecule has 2 amide bonds. The van der Waals surface area contributed by atoms with Crippen LogP contribution in [-0.4, -0.2) is 48.9 Å². The van der Waals surface area contributed by atoms with Crippen molar-refractivity contribution in [2.45, 2.75) is 32.7 Å². The van der Waals surface area contributed by atoms with Crippen LogP contribution in [0.3, 0.4) is 0 Å². The first-order valence-electron chi connectivity index (χ1n) is 6.37. The highest BCUT2D eigenvalue weighted by Gasteiger charge is 2.58. The number of hydrogen-bond acceptors (Lipinski definition) is 3. The van der Waals surface area contributed by atoms with Crippen molar-refractivity contribution in [2.75, 3.05) is 26.2 Å². The summed E-state index contributed by atoms with van der Waals surface area (Å²) in [5, 5.41) is 6.07. The number of nitrogens with zero attached hydrogens (tertiary/aromatic N) is 1. The van der Waals surface area contributed by atoms with Crippen molar-refractivity contribution < 1.29 is 9.59 Å². The van der Waals surface area contributed by atoms with E-state index >= 15 is 0 Å². The molecule has 1 aliphatic carbocycles. The Hall–Kier alpha value is -1.10. The van der Waals surface area contributed by atoms with Crippen LogP contribution in [0, 0.1) is 5.41 Å². The Bertz CT molecular complexity index is 318. The summed E-state index contributed by atoms with van der Waals surface area (Å²) in [4.78, 5) is 26.2. The molecule has 0 atom stereocenters. The fraction of sp³-hybridized carbons (Fsp3) is 0.833. The van der Waals surface area contributed by atoms with Gasteiger partial charge < -0.3 is 15.5 Å². The highest BCUT2D eigenvalue weighted by atomic mass is 16.2. The van der Waals surface area contributed by atoms with Gasteiger partial charge in [-0.3, -0.25) is 9.59 Å². The van der Waals surface area contributed by atoms with Gasteiger partial charge in [0.05, 0.1) is 0 Å². The molecule has 0 aromatic carbocycles. The fourth-order valence-electron chi connectivity index (χ4n) is 2.23. The van der Waals surface area contributed by atoms with Crippen LogP contribution in [0.25, 0.3) is 0 Å². The molecule has 1 saturated carbocycles. The third-order valence-corrected chi connectivity index (χ3v) is 3.42. The summed E-state index contributed by atoms with van der Waals surface area (Å²) in [7, 11) is 0. The summed E-state index contributed by atoms with van der Waals surface area (Å²) < 4.78 is 0. The Balaban J connectivity index is 2.00. The molecule has 17 heavy (non-hydrogen) atoms. The maximum Gasteiger partial charge on any atom is 0.238 e. The number of carbonyl (C=O) groups is 2. The Morgan fingerprint density at radius 3 is 2.29 bits per heavy atom. The summed E-state index contributed by atoms with van der Waals surface area (Å²) in [5.41, 5.74) is -0.735. The number of nitrogens with one attached hydrogen (secondary N) is 2. The minimum Gasteiger partial charge on any atom is -0.353 e. The van der Waals surface area contributed by atoms with E-state index in [4.69, 9.17) is 0 Å². The molecular formula is C12H21N3O2. The van der Waals surface area contributed by atoms with Gasteiger partial charge in [0.1, 0.15) is 5.41 Å². The van der Waals surface area contributed by atoms with Gasteiger partial charge in [0.2, 0.25) is 11.8 Å². The molecule has 0 radical (unpaired) electrons. The summed E-state index contributed by atoms with van der Waals surface area (Å²) in [6.07, 6.45) is 1.41. The van der Waals surface area contributed by atoms with E-state index in [0.717, 1.165) is 26.2 Å². The molecule has 0 aromatic heterocycles. The Morgan fingerprint density at radius 1 is 1.24 bits per heavy atom. The van der Waals surface area contributed by atoms with Gasteiger partial charge in [0.25, 0.3) is 0 Å². The van der Waals surface area contributed by atoms with Crippen LogP contribution in [0.1, 0.15) is 26.7 Å². The molecule has 2 aliphatic rings. The zero-order valence-corrected chi connectivity index (χ0v) is 10.6. The van der Waals surface area contributed by atoms with Gasteiger partial charge in [-0.05, 0) is 26.7 Å². The van der Waals surface area contributed by atoms with Crippen LogP contribution >= 0.6 is 0 Å². The zero-order valence-electron chi connectivity index (χ0n) is 10.6. The summed E-state index contributed by atoms with van der Waals surface area (Å²) in [6, 6.07) is 0.0933. The van der Waals surface area contributed by atoms with Crippen LogP contribution in [-0.2, 0) is 9.59 Å². The van der Waals surface area contributed by atoms with Gasteiger partial charge in [0.15, 0.2) is 0 Å². The molecular weight excluding hydrogens is 218 g/mol. The number of carbonyl (C=O) groups excluding carboxylic acids is 2. The van der Waals surface area contributed by atoms with Gasteiger partial charge >= 0.3 is 0 Å². The predicted molar refractivity (Wildman–Crippen MR) is 64.4 cm³/mol. The number of piperazine rings is 1. The van der Waals surface area contributed by atoms with E-state index < -0.39 is 5.41 Å². The average Bonchev–Trinajstić information content (AvgIpc) is 3.09. The largest absolute Gasteiger partial charge is 0.353 e. The molecule has 0 bridgehead atoms. The number of rotatable bonds is 3. The molecule has 5 nitrogen and oxygen atoms in total. The molecule has 0 aromatic rings. The maximum atomic E-state index is 12.3. The van der Waals surface area contributed by atoms with E-state index in [1.54, 1.807) is 0 Å². The zero-order chi connectivity index (χ0) is 12.5. The Kier molecular flexibility index (Phi) is 3.38. The van der Waals surface area contributed by atoms with Gasteiger partial charge in [-0.15, -0.1) is 0 Å². The third-order valence-electron chi connectivity index (χ3n) is 3.42. The maximum absolute atomic E-state index is 12.3. The standard InChI is InChI=1S/C12H21N3O2/c1-9(2)14-10(16)12(3-4-12)11(17)15-7-5-13-6-8-15/h9,13H,3-8H2,1-2H3,(H,14,16). The van der Waals surface area contributed by atoms with E-state index in [1.807, 2.05) is 18.7 Å². The number of hydrogen-bond donors (Lipinski definition) is 2. The molecule has 1 saturated heterocycles. The molecule has 1 heterocycles. The van der Waals surface area contributed by atoms with Crippen molar-refractivity contribution >= 4 is 11.8 Å². The second kappa shape index (κ2) is 4.64. The molecule has 2 rings (SSSR count). The van der Waals surface area contributed by atoms with Gasteiger partial charge in [-0.1, -0.05) is 0 Å². The van der Waals surface area contributed by atoms with E-state index in [0.29, 0.717) is 12.8 Å². The van der Waals surface area contributed by atoms with E-state index in [-0.39, 0.29) is 17.9 Å². The van der Waals surface area contributed by atoms with Gasteiger partial charge in [-0.25, -0.2) is 0 Å². The third kappa shape index (κ3) is 2.44. The minimum absolute atomic E-state index is 0.0251. The average molecular weight is 239 g/mol. The lowest BCUT2D eigenvalue weighted by atomic mass is 10.0. The topological polar surface area (TPSA) is 61.4 Å².